The number of hydrogen-bond donors (Lipinski definition) is 1. The highest BCUT2D eigenvalue weighted by Crippen LogP contribution is 2.25. The third kappa shape index (κ3) is 4.34. The van der Waals surface area contributed by atoms with Gasteiger partial charge in [-0.15, -0.1) is 0 Å². The predicted molar refractivity (Wildman–Crippen MR) is 88.3 cm³/mol. The summed E-state index contributed by atoms with van der Waals surface area (Å²) >= 11 is 0. The molecule has 0 saturated carbocycles. The monoisotopic (exact) mass is 273 g/mol. The van der Waals surface area contributed by atoms with E-state index in [9.17, 15) is 0 Å². The molecule has 2 rings (SSSR count). The van der Waals surface area contributed by atoms with Gasteiger partial charge in [0.15, 0.2) is 0 Å². The Hall–Kier alpha value is -0.820. The van der Waals surface area contributed by atoms with Crippen LogP contribution in [0.25, 0.3) is 0 Å². The van der Waals surface area contributed by atoms with Gasteiger partial charge >= 0.3 is 0 Å². The molecule has 0 bridgehead atoms. The Bertz CT molecular complexity index is 442. The zero-order chi connectivity index (χ0) is 14.8. The summed E-state index contributed by atoms with van der Waals surface area (Å²) in [6, 6.07) is 7.18. The van der Waals surface area contributed by atoms with Crippen LogP contribution in [0, 0.1) is 11.8 Å². The Morgan fingerprint density at radius 3 is 2.45 bits per heavy atom. The molecule has 0 fully saturated rings. The van der Waals surface area contributed by atoms with E-state index in [-0.39, 0.29) is 5.54 Å². The zero-order valence-electron chi connectivity index (χ0n) is 13.9. The fourth-order valence-corrected chi connectivity index (χ4v) is 2.99. The van der Waals surface area contributed by atoms with Gasteiger partial charge in [0, 0.05) is 5.54 Å². The van der Waals surface area contributed by atoms with E-state index in [2.05, 4.69) is 58.1 Å². The van der Waals surface area contributed by atoms with Crippen molar-refractivity contribution in [2.45, 2.75) is 65.8 Å². The lowest BCUT2D eigenvalue weighted by molar-refractivity contribution is 0.317. The maximum absolute atomic E-state index is 3.63. The van der Waals surface area contributed by atoms with Gasteiger partial charge in [-0.05, 0) is 81.5 Å². The molecule has 1 aliphatic carbocycles. The predicted octanol–water partition coefficient (Wildman–Crippen LogP) is 4.38. The van der Waals surface area contributed by atoms with Gasteiger partial charge in [-0.3, -0.25) is 0 Å². The van der Waals surface area contributed by atoms with Gasteiger partial charge in [-0.1, -0.05) is 32.0 Å². The highest BCUT2D eigenvalue weighted by atomic mass is 14.9. The summed E-state index contributed by atoms with van der Waals surface area (Å²) in [6.07, 6.45) is 5.14. The summed E-state index contributed by atoms with van der Waals surface area (Å²) in [7, 11) is 0. The normalized spacial score (nSPS) is 17.9. The van der Waals surface area contributed by atoms with E-state index >= 15 is 0 Å². The SMILES string of the molecule is CC(CNC(C)(C)C)C(C)Cc1ccc2c(c1)CCC2. The third-order valence-electron chi connectivity index (χ3n) is 4.65. The van der Waals surface area contributed by atoms with E-state index < -0.39 is 0 Å². The van der Waals surface area contributed by atoms with Crippen LogP contribution in [0.3, 0.4) is 0 Å². The molecule has 2 atom stereocenters. The van der Waals surface area contributed by atoms with Crippen LogP contribution in [-0.4, -0.2) is 12.1 Å². The van der Waals surface area contributed by atoms with Crippen LogP contribution in [0.15, 0.2) is 18.2 Å². The second-order valence-electron chi connectivity index (χ2n) is 7.75. The Labute approximate surface area is 125 Å². The second kappa shape index (κ2) is 6.30. The smallest absolute Gasteiger partial charge is 0.00966 e. The minimum absolute atomic E-state index is 0.224. The van der Waals surface area contributed by atoms with E-state index in [1.165, 1.54) is 31.2 Å². The molecule has 1 nitrogen and oxygen atoms in total. The van der Waals surface area contributed by atoms with Crippen LogP contribution in [0.1, 0.15) is 57.7 Å². The molecule has 0 saturated heterocycles. The van der Waals surface area contributed by atoms with Gasteiger partial charge in [0.1, 0.15) is 0 Å². The van der Waals surface area contributed by atoms with Gasteiger partial charge in [-0.2, -0.15) is 0 Å². The van der Waals surface area contributed by atoms with Crippen molar-refractivity contribution >= 4 is 0 Å². The first-order chi connectivity index (χ1) is 9.35. The average molecular weight is 273 g/mol. The standard InChI is InChI=1S/C19H31N/c1-14(15(2)13-20-19(3,4)5)11-16-9-10-17-7-6-8-18(17)12-16/h9-10,12,14-15,20H,6-8,11,13H2,1-5H3. The van der Waals surface area contributed by atoms with E-state index in [1.807, 2.05) is 0 Å². The molecule has 0 aromatic heterocycles. The Morgan fingerprint density at radius 2 is 1.75 bits per heavy atom. The topological polar surface area (TPSA) is 12.0 Å². The number of nitrogens with one attached hydrogen (secondary N) is 1. The van der Waals surface area contributed by atoms with E-state index in [4.69, 9.17) is 0 Å². The molecule has 2 unspecified atom stereocenters. The quantitative estimate of drug-likeness (QED) is 0.839. The van der Waals surface area contributed by atoms with E-state index in [1.54, 1.807) is 11.1 Å². The summed E-state index contributed by atoms with van der Waals surface area (Å²) in [6.45, 7) is 12.6. The first-order valence-electron chi connectivity index (χ1n) is 8.21. The molecular weight excluding hydrogens is 242 g/mol. The summed E-state index contributed by atoms with van der Waals surface area (Å²) in [5.74, 6) is 1.44. The van der Waals surface area contributed by atoms with Crippen molar-refractivity contribution in [2.24, 2.45) is 11.8 Å². The summed E-state index contributed by atoms with van der Waals surface area (Å²) in [4.78, 5) is 0. The molecule has 0 heterocycles. The number of aryl methyl sites for hydroxylation is 2. The maximum Gasteiger partial charge on any atom is 0.00966 e. The Morgan fingerprint density at radius 1 is 1.05 bits per heavy atom. The van der Waals surface area contributed by atoms with Crippen LogP contribution in [0.2, 0.25) is 0 Å². The van der Waals surface area contributed by atoms with Crippen molar-refractivity contribution in [1.82, 2.24) is 5.32 Å². The fourth-order valence-electron chi connectivity index (χ4n) is 2.99. The molecule has 0 spiro atoms. The van der Waals surface area contributed by atoms with Gasteiger partial charge < -0.3 is 5.32 Å². The summed E-state index contributed by atoms with van der Waals surface area (Å²) < 4.78 is 0. The number of rotatable bonds is 5. The number of hydrogen-bond acceptors (Lipinski definition) is 1. The van der Waals surface area contributed by atoms with Crippen molar-refractivity contribution in [1.29, 1.82) is 0 Å². The molecule has 0 amide bonds. The van der Waals surface area contributed by atoms with Gasteiger partial charge in [0.2, 0.25) is 0 Å². The first kappa shape index (κ1) is 15.6. The number of benzene rings is 1. The third-order valence-corrected chi connectivity index (χ3v) is 4.65. The van der Waals surface area contributed by atoms with Gasteiger partial charge in [0.05, 0.1) is 0 Å². The van der Waals surface area contributed by atoms with E-state index in [0.29, 0.717) is 5.92 Å². The van der Waals surface area contributed by atoms with E-state index in [0.717, 1.165) is 12.5 Å². The molecule has 0 radical (unpaired) electrons. The molecule has 20 heavy (non-hydrogen) atoms. The molecule has 1 aromatic rings. The van der Waals surface area contributed by atoms with Crippen LogP contribution in [-0.2, 0) is 19.3 Å². The highest BCUT2D eigenvalue weighted by molar-refractivity contribution is 5.35. The van der Waals surface area contributed by atoms with Gasteiger partial charge in [0.25, 0.3) is 0 Å². The number of fused-ring (bicyclic) bond motifs is 1. The van der Waals surface area contributed by atoms with Crippen LogP contribution in [0.5, 0.6) is 0 Å². The molecule has 1 N–H and O–H groups in total. The summed E-state index contributed by atoms with van der Waals surface area (Å²) in [5.41, 5.74) is 4.95. The highest BCUT2D eigenvalue weighted by Gasteiger charge is 2.17. The molecule has 112 valence electrons. The summed E-state index contributed by atoms with van der Waals surface area (Å²) in [5, 5.41) is 3.63. The van der Waals surface area contributed by atoms with Crippen molar-refractivity contribution < 1.29 is 0 Å². The molecule has 1 heteroatoms. The van der Waals surface area contributed by atoms with Crippen molar-refractivity contribution in [2.75, 3.05) is 6.54 Å². The average Bonchev–Trinajstić information content (AvgIpc) is 2.82. The molecule has 0 aliphatic heterocycles. The van der Waals surface area contributed by atoms with Gasteiger partial charge in [-0.25, -0.2) is 0 Å². The first-order valence-corrected chi connectivity index (χ1v) is 8.21. The van der Waals surface area contributed by atoms with Crippen LogP contribution in [0.4, 0.5) is 0 Å². The molecular formula is C19H31N. The zero-order valence-corrected chi connectivity index (χ0v) is 13.9. The maximum atomic E-state index is 3.63. The van der Waals surface area contributed by atoms with Crippen molar-refractivity contribution in [3.05, 3.63) is 34.9 Å². The van der Waals surface area contributed by atoms with Crippen molar-refractivity contribution in [3.8, 4) is 0 Å². The lowest BCUT2D eigenvalue weighted by atomic mass is 9.88. The second-order valence-corrected chi connectivity index (χ2v) is 7.75. The Balaban J connectivity index is 1.89. The van der Waals surface area contributed by atoms with Crippen LogP contribution < -0.4 is 5.32 Å². The Kier molecular flexibility index (Phi) is 4.90. The minimum Gasteiger partial charge on any atom is -0.312 e. The largest absolute Gasteiger partial charge is 0.312 e. The lowest BCUT2D eigenvalue weighted by Gasteiger charge is -2.26. The fraction of sp³-hybridized carbons (Fsp3) is 0.684. The van der Waals surface area contributed by atoms with Crippen molar-refractivity contribution in [3.63, 3.8) is 0 Å². The molecule has 1 aromatic carbocycles. The molecule has 1 aliphatic rings. The lowest BCUT2D eigenvalue weighted by Crippen LogP contribution is -2.40. The van der Waals surface area contributed by atoms with Crippen LogP contribution >= 0.6 is 0 Å². The minimum atomic E-state index is 0.224.